The Hall–Kier alpha value is -3.40. The molecule has 1 aliphatic carbocycles. The first-order valence-electron chi connectivity index (χ1n) is 11.3. The number of carbonyl (C=O) groups excluding carboxylic acids is 2. The van der Waals surface area contributed by atoms with Crippen molar-refractivity contribution in [3.05, 3.63) is 63.3 Å². The average Bonchev–Trinajstić information content (AvgIpc) is 3.33. The molecule has 4 rings (SSSR count). The van der Waals surface area contributed by atoms with E-state index in [0.717, 1.165) is 58.0 Å². The third kappa shape index (κ3) is 4.91. The van der Waals surface area contributed by atoms with Gasteiger partial charge in [-0.3, -0.25) is 19.4 Å². The summed E-state index contributed by atoms with van der Waals surface area (Å²) in [6.07, 6.45) is 9.70. The lowest BCUT2D eigenvalue weighted by molar-refractivity contribution is 0.0792. The maximum atomic E-state index is 12.9. The van der Waals surface area contributed by atoms with Gasteiger partial charge in [0.15, 0.2) is 0 Å². The molecule has 2 aliphatic rings. The molecule has 32 heavy (non-hydrogen) atoms. The van der Waals surface area contributed by atoms with E-state index in [-0.39, 0.29) is 11.5 Å². The van der Waals surface area contributed by atoms with Crippen LogP contribution in [0.2, 0.25) is 0 Å². The first-order chi connectivity index (χ1) is 15.5. The number of aryl methyl sites for hydroxylation is 1. The zero-order valence-corrected chi connectivity index (χ0v) is 18.4. The minimum atomic E-state index is -0.707. The van der Waals surface area contributed by atoms with Crippen molar-refractivity contribution in [2.45, 2.75) is 57.4 Å². The fraction of sp³-hybridized carbons (Fsp3) is 0.440. The summed E-state index contributed by atoms with van der Waals surface area (Å²) in [5, 5.41) is 3.03. The van der Waals surface area contributed by atoms with Crippen LogP contribution in [-0.2, 0) is 0 Å². The molecule has 0 spiro atoms. The zero-order valence-electron chi connectivity index (χ0n) is 18.4. The molecule has 2 fully saturated rings. The molecule has 2 aromatic heterocycles. The van der Waals surface area contributed by atoms with Crippen LogP contribution in [0.5, 0.6) is 0 Å². The van der Waals surface area contributed by atoms with Crippen LogP contribution in [0.1, 0.15) is 76.9 Å². The van der Waals surface area contributed by atoms with Gasteiger partial charge in [-0.2, -0.15) is 0 Å². The Bertz CT molecular complexity index is 1130. The van der Waals surface area contributed by atoms with E-state index in [1.165, 1.54) is 0 Å². The number of carbonyl (C=O) groups is 2. The van der Waals surface area contributed by atoms with E-state index in [0.29, 0.717) is 16.8 Å². The van der Waals surface area contributed by atoms with Crippen molar-refractivity contribution < 1.29 is 9.59 Å². The van der Waals surface area contributed by atoms with Gasteiger partial charge in [-0.25, -0.2) is 0 Å². The molecule has 2 N–H and O–H groups in total. The number of hydrogen-bond acceptors (Lipinski definition) is 4. The van der Waals surface area contributed by atoms with Gasteiger partial charge in [0.25, 0.3) is 17.4 Å². The number of aromatic nitrogens is 2. The van der Waals surface area contributed by atoms with E-state index >= 15 is 0 Å². The molecular weight excluding hydrogens is 404 g/mol. The lowest BCUT2D eigenvalue weighted by Gasteiger charge is -2.33. The minimum absolute atomic E-state index is 0.0158. The molecular formula is C25H28N4O3. The third-order valence-electron chi connectivity index (χ3n) is 6.18. The maximum Gasteiger partial charge on any atom is 0.260 e. The molecule has 166 valence electrons. The second kappa shape index (κ2) is 9.39. The average molecular weight is 433 g/mol. The molecule has 1 saturated heterocycles. The Labute approximate surface area is 187 Å². The molecule has 3 heterocycles. The maximum absolute atomic E-state index is 12.9. The standard InChI is InChI=1S/C25H28N4O3/c1-18-7-8-21(22(30)27-18)23(31)28-25(10-3-2-4-11-25)12-9-19-15-20(17-26-16-19)24(32)29-13-5-6-14-29/h7-8,15-17H,2-6,10-11,13-14H2,1H3,(H,27,30)(H,28,31). The predicted octanol–water partition coefficient (Wildman–Crippen LogP) is 2.80. The fourth-order valence-corrected chi connectivity index (χ4v) is 4.39. The highest BCUT2D eigenvalue weighted by molar-refractivity contribution is 5.95. The van der Waals surface area contributed by atoms with Crippen molar-refractivity contribution in [2.75, 3.05) is 13.1 Å². The molecule has 0 aromatic carbocycles. The van der Waals surface area contributed by atoms with Gasteiger partial charge in [-0.05, 0) is 50.8 Å². The van der Waals surface area contributed by atoms with Crippen LogP contribution in [0.3, 0.4) is 0 Å². The van der Waals surface area contributed by atoms with Crippen LogP contribution >= 0.6 is 0 Å². The number of likely N-dealkylation sites (tertiary alicyclic amines) is 1. The highest BCUT2D eigenvalue weighted by atomic mass is 16.2. The van der Waals surface area contributed by atoms with Crippen LogP contribution in [0.25, 0.3) is 0 Å². The van der Waals surface area contributed by atoms with E-state index < -0.39 is 17.0 Å². The number of amides is 2. The monoisotopic (exact) mass is 432 g/mol. The normalized spacial score (nSPS) is 17.3. The first kappa shape index (κ1) is 21.8. The van der Waals surface area contributed by atoms with Crippen molar-refractivity contribution in [3.63, 3.8) is 0 Å². The number of hydrogen-bond donors (Lipinski definition) is 2. The van der Waals surface area contributed by atoms with Crippen molar-refractivity contribution in [1.82, 2.24) is 20.2 Å². The summed E-state index contributed by atoms with van der Waals surface area (Å²) >= 11 is 0. The van der Waals surface area contributed by atoms with E-state index in [1.807, 2.05) is 4.90 Å². The second-order valence-corrected chi connectivity index (χ2v) is 8.69. The smallest absolute Gasteiger partial charge is 0.260 e. The van der Waals surface area contributed by atoms with Crippen LogP contribution in [0.15, 0.2) is 35.4 Å². The molecule has 0 atom stereocenters. The Morgan fingerprint density at radius 3 is 2.56 bits per heavy atom. The van der Waals surface area contributed by atoms with Crippen LogP contribution in [0, 0.1) is 18.8 Å². The summed E-state index contributed by atoms with van der Waals surface area (Å²) in [4.78, 5) is 46.5. The lowest BCUT2D eigenvalue weighted by atomic mass is 9.81. The molecule has 0 radical (unpaired) electrons. The number of aromatic amines is 1. The Balaban J connectivity index is 1.57. The number of nitrogens with zero attached hydrogens (tertiary/aromatic N) is 2. The number of H-pyrrole nitrogens is 1. The molecule has 7 nitrogen and oxygen atoms in total. The highest BCUT2D eigenvalue weighted by Gasteiger charge is 2.32. The van der Waals surface area contributed by atoms with Gasteiger partial charge in [0, 0.05) is 36.7 Å². The fourth-order valence-electron chi connectivity index (χ4n) is 4.39. The summed E-state index contributed by atoms with van der Waals surface area (Å²) in [5.41, 5.74) is 0.853. The van der Waals surface area contributed by atoms with Crippen molar-refractivity contribution >= 4 is 11.8 Å². The van der Waals surface area contributed by atoms with Crippen molar-refractivity contribution in [2.24, 2.45) is 0 Å². The van der Waals surface area contributed by atoms with E-state index in [9.17, 15) is 14.4 Å². The molecule has 0 bridgehead atoms. The number of rotatable bonds is 3. The Morgan fingerprint density at radius 1 is 1.09 bits per heavy atom. The van der Waals surface area contributed by atoms with Gasteiger partial charge < -0.3 is 15.2 Å². The summed E-state index contributed by atoms with van der Waals surface area (Å²) < 4.78 is 0. The summed E-state index contributed by atoms with van der Waals surface area (Å²) in [7, 11) is 0. The Kier molecular flexibility index (Phi) is 6.40. The largest absolute Gasteiger partial charge is 0.339 e. The van der Waals surface area contributed by atoms with Crippen LogP contribution < -0.4 is 10.9 Å². The topological polar surface area (TPSA) is 95.2 Å². The molecule has 7 heteroatoms. The van der Waals surface area contributed by atoms with E-state index in [4.69, 9.17) is 0 Å². The second-order valence-electron chi connectivity index (χ2n) is 8.69. The van der Waals surface area contributed by atoms with Crippen LogP contribution in [-0.4, -0.2) is 45.3 Å². The molecule has 0 unspecified atom stereocenters. The van der Waals surface area contributed by atoms with Gasteiger partial charge >= 0.3 is 0 Å². The zero-order chi connectivity index (χ0) is 22.6. The van der Waals surface area contributed by atoms with Gasteiger partial charge in [-0.15, -0.1) is 0 Å². The lowest BCUT2D eigenvalue weighted by Crippen LogP contribution is -2.49. The summed E-state index contributed by atoms with van der Waals surface area (Å²) in [6, 6.07) is 5.03. The molecule has 1 aliphatic heterocycles. The quantitative estimate of drug-likeness (QED) is 0.729. The molecule has 2 amide bonds. The number of nitrogens with one attached hydrogen (secondary N) is 2. The SMILES string of the molecule is Cc1ccc(C(=O)NC2(C#Cc3cncc(C(=O)N4CCCC4)c3)CCCCC2)c(=O)[nH]1. The number of pyridine rings is 2. The van der Waals surface area contributed by atoms with Crippen molar-refractivity contribution in [3.8, 4) is 11.8 Å². The van der Waals surface area contributed by atoms with Gasteiger partial charge in [-0.1, -0.05) is 31.1 Å². The van der Waals surface area contributed by atoms with Crippen molar-refractivity contribution in [1.29, 1.82) is 0 Å². The van der Waals surface area contributed by atoms with Gasteiger partial charge in [0.2, 0.25) is 0 Å². The van der Waals surface area contributed by atoms with E-state index in [2.05, 4.69) is 27.1 Å². The highest BCUT2D eigenvalue weighted by Crippen LogP contribution is 2.28. The van der Waals surface area contributed by atoms with Gasteiger partial charge in [0.1, 0.15) is 11.1 Å². The third-order valence-corrected chi connectivity index (χ3v) is 6.18. The van der Waals surface area contributed by atoms with Crippen LogP contribution in [0.4, 0.5) is 0 Å². The predicted molar refractivity (Wildman–Crippen MR) is 121 cm³/mol. The molecule has 1 saturated carbocycles. The summed E-state index contributed by atoms with van der Waals surface area (Å²) in [6.45, 7) is 3.33. The summed E-state index contributed by atoms with van der Waals surface area (Å²) in [5.74, 6) is 5.96. The minimum Gasteiger partial charge on any atom is -0.339 e. The van der Waals surface area contributed by atoms with E-state index in [1.54, 1.807) is 37.5 Å². The Morgan fingerprint density at radius 2 is 1.84 bits per heavy atom. The molecule has 2 aromatic rings. The van der Waals surface area contributed by atoms with Gasteiger partial charge in [0.05, 0.1) is 5.56 Å². The first-order valence-corrected chi connectivity index (χ1v) is 11.3.